The van der Waals surface area contributed by atoms with Gasteiger partial charge in [0.2, 0.25) is 5.91 Å². The molecular weight excluding hydrogens is 327 g/mol. The Hall–Kier alpha value is -2.18. The van der Waals surface area contributed by atoms with E-state index in [4.69, 9.17) is 11.6 Å². The molecule has 7 heteroatoms. The Morgan fingerprint density at radius 2 is 2.05 bits per heavy atom. The van der Waals surface area contributed by atoms with Gasteiger partial charge in [0.05, 0.1) is 15.9 Å². The lowest BCUT2D eigenvalue weighted by Gasteiger charge is -2.07. The van der Waals surface area contributed by atoms with Crippen molar-refractivity contribution >= 4 is 44.7 Å². The first kappa shape index (κ1) is 14.7. The van der Waals surface area contributed by atoms with E-state index in [9.17, 15) is 14.0 Å². The normalized spacial score (nSPS) is 10.8. The molecule has 0 saturated carbocycles. The largest absolute Gasteiger partial charge is 0.322 e. The van der Waals surface area contributed by atoms with Gasteiger partial charge in [-0.2, -0.15) is 0 Å². The number of para-hydroxylation sites is 1. The van der Waals surface area contributed by atoms with Gasteiger partial charge in [0, 0.05) is 5.02 Å². The van der Waals surface area contributed by atoms with Crippen LogP contribution in [0.3, 0.4) is 0 Å². The Labute approximate surface area is 133 Å². The van der Waals surface area contributed by atoms with Crippen LogP contribution in [0, 0.1) is 5.82 Å². The molecule has 0 radical (unpaired) electrons. The first-order valence-electron chi connectivity index (χ1n) is 6.38. The van der Waals surface area contributed by atoms with E-state index in [-0.39, 0.29) is 22.1 Å². The van der Waals surface area contributed by atoms with E-state index in [0.29, 0.717) is 5.52 Å². The Morgan fingerprint density at radius 3 is 2.82 bits per heavy atom. The quantitative estimate of drug-likeness (QED) is 0.796. The minimum Gasteiger partial charge on any atom is -0.322 e. The Morgan fingerprint density at radius 1 is 1.27 bits per heavy atom. The molecule has 0 aliphatic rings. The summed E-state index contributed by atoms with van der Waals surface area (Å²) in [6, 6.07) is 11.2. The van der Waals surface area contributed by atoms with Crippen LogP contribution in [-0.2, 0) is 11.3 Å². The number of hydrogen-bond acceptors (Lipinski definition) is 3. The number of amides is 1. The fraction of sp³-hybridized carbons (Fsp3) is 0.0667. The van der Waals surface area contributed by atoms with Crippen LogP contribution in [0.4, 0.5) is 10.1 Å². The SMILES string of the molecule is O=C(Cn1c(=O)sc2ccccc21)Nc1ccc(Cl)cc1F. The van der Waals surface area contributed by atoms with Crippen LogP contribution in [0.1, 0.15) is 0 Å². The van der Waals surface area contributed by atoms with E-state index < -0.39 is 11.7 Å². The second kappa shape index (κ2) is 5.90. The molecule has 0 atom stereocenters. The van der Waals surface area contributed by atoms with Gasteiger partial charge in [-0.05, 0) is 30.3 Å². The first-order chi connectivity index (χ1) is 10.5. The van der Waals surface area contributed by atoms with E-state index in [1.54, 1.807) is 12.1 Å². The number of nitrogens with one attached hydrogen (secondary N) is 1. The average Bonchev–Trinajstić information content (AvgIpc) is 2.78. The van der Waals surface area contributed by atoms with Gasteiger partial charge in [-0.25, -0.2) is 4.39 Å². The molecule has 3 aromatic rings. The van der Waals surface area contributed by atoms with Crippen molar-refractivity contribution in [2.75, 3.05) is 5.32 Å². The van der Waals surface area contributed by atoms with E-state index >= 15 is 0 Å². The van der Waals surface area contributed by atoms with Crippen molar-refractivity contribution in [3.05, 3.63) is 63.0 Å². The molecule has 0 bridgehead atoms. The zero-order chi connectivity index (χ0) is 15.7. The van der Waals surface area contributed by atoms with Crippen molar-refractivity contribution < 1.29 is 9.18 Å². The van der Waals surface area contributed by atoms with E-state index in [2.05, 4.69) is 5.32 Å². The summed E-state index contributed by atoms with van der Waals surface area (Å²) in [6.07, 6.45) is 0. The van der Waals surface area contributed by atoms with Crippen molar-refractivity contribution in [2.24, 2.45) is 0 Å². The van der Waals surface area contributed by atoms with Gasteiger partial charge in [-0.1, -0.05) is 35.1 Å². The topological polar surface area (TPSA) is 51.1 Å². The third-order valence-corrected chi connectivity index (χ3v) is 4.28. The maximum atomic E-state index is 13.7. The second-order valence-electron chi connectivity index (χ2n) is 4.59. The number of hydrogen-bond donors (Lipinski definition) is 1. The molecule has 0 fully saturated rings. The van der Waals surface area contributed by atoms with Crippen LogP contribution in [0.2, 0.25) is 5.02 Å². The van der Waals surface area contributed by atoms with Crippen molar-refractivity contribution in [3.8, 4) is 0 Å². The lowest BCUT2D eigenvalue weighted by Crippen LogP contribution is -2.24. The highest BCUT2D eigenvalue weighted by atomic mass is 35.5. The maximum absolute atomic E-state index is 13.7. The smallest absolute Gasteiger partial charge is 0.308 e. The maximum Gasteiger partial charge on any atom is 0.308 e. The minimum absolute atomic E-state index is 0.0296. The summed E-state index contributed by atoms with van der Waals surface area (Å²) < 4.78 is 15.8. The predicted octanol–water partition coefficient (Wildman–Crippen LogP) is 3.49. The van der Waals surface area contributed by atoms with Gasteiger partial charge in [-0.3, -0.25) is 14.2 Å². The number of fused-ring (bicyclic) bond motifs is 1. The number of anilines is 1. The summed E-state index contributed by atoms with van der Waals surface area (Å²) in [5, 5.41) is 2.69. The molecule has 3 rings (SSSR count). The predicted molar refractivity (Wildman–Crippen MR) is 86.1 cm³/mol. The van der Waals surface area contributed by atoms with Crippen molar-refractivity contribution in [1.29, 1.82) is 0 Å². The highest BCUT2D eigenvalue weighted by molar-refractivity contribution is 7.16. The zero-order valence-electron chi connectivity index (χ0n) is 11.2. The average molecular weight is 337 g/mol. The molecule has 0 aliphatic carbocycles. The summed E-state index contributed by atoms with van der Waals surface area (Å²) in [7, 11) is 0. The number of thiazole rings is 1. The van der Waals surface area contributed by atoms with Gasteiger partial charge >= 0.3 is 4.87 Å². The highest BCUT2D eigenvalue weighted by Gasteiger charge is 2.12. The third-order valence-electron chi connectivity index (χ3n) is 3.08. The van der Waals surface area contributed by atoms with Gasteiger partial charge in [-0.15, -0.1) is 0 Å². The summed E-state index contributed by atoms with van der Waals surface area (Å²) >= 11 is 6.73. The Bertz CT molecular complexity index is 919. The molecule has 2 aromatic carbocycles. The number of aromatic nitrogens is 1. The fourth-order valence-electron chi connectivity index (χ4n) is 2.09. The third kappa shape index (κ3) is 2.88. The standard InChI is InChI=1S/C15H10ClFN2O2S/c16-9-5-6-11(10(17)7-9)18-14(20)8-19-12-3-1-2-4-13(12)22-15(19)21/h1-7H,8H2,(H,18,20). The van der Waals surface area contributed by atoms with E-state index in [1.165, 1.54) is 16.7 Å². The molecule has 0 aliphatic heterocycles. The Balaban J connectivity index is 1.84. The molecule has 0 saturated heterocycles. The molecule has 0 spiro atoms. The van der Waals surface area contributed by atoms with Crippen molar-refractivity contribution in [2.45, 2.75) is 6.54 Å². The van der Waals surface area contributed by atoms with E-state index in [0.717, 1.165) is 22.1 Å². The molecule has 1 amide bonds. The number of carbonyl (C=O) groups excluding carboxylic acids is 1. The summed E-state index contributed by atoms with van der Waals surface area (Å²) in [4.78, 5) is 23.8. The van der Waals surface area contributed by atoms with Gasteiger partial charge in [0.15, 0.2) is 0 Å². The van der Waals surface area contributed by atoms with Crippen LogP contribution < -0.4 is 10.2 Å². The van der Waals surface area contributed by atoms with E-state index in [1.807, 2.05) is 12.1 Å². The zero-order valence-corrected chi connectivity index (χ0v) is 12.7. The molecule has 0 unspecified atom stereocenters. The van der Waals surface area contributed by atoms with Gasteiger partial charge < -0.3 is 5.32 Å². The number of benzene rings is 2. The fourth-order valence-corrected chi connectivity index (χ4v) is 3.14. The highest BCUT2D eigenvalue weighted by Crippen LogP contribution is 2.19. The van der Waals surface area contributed by atoms with Crippen LogP contribution in [0.5, 0.6) is 0 Å². The summed E-state index contributed by atoms with van der Waals surface area (Å²) in [5.74, 6) is -1.10. The number of nitrogens with zero attached hydrogens (tertiary/aromatic N) is 1. The summed E-state index contributed by atoms with van der Waals surface area (Å²) in [6.45, 7) is -0.176. The molecule has 22 heavy (non-hydrogen) atoms. The summed E-state index contributed by atoms with van der Waals surface area (Å²) in [5.41, 5.74) is 0.714. The van der Waals surface area contributed by atoms with Crippen LogP contribution in [-0.4, -0.2) is 10.5 Å². The van der Waals surface area contributed by atoms with Crippen molar-refractivity contribution in [3.63, 3.8) is 0 Å². The molecule has 1 N–H and O–H groups in total. The van der Waals surface area contributed by atoms with Crippen molar-refractivity contribution in [1.82, 2.24) is 4.57 Å². The molecule has 4 nitrogen and oxygen atoms in total. The lowest BCUT2D eigenvalue weighted by atomic mass is 10.3. The number of carbonyl (C=O) groups is 1. The second-order valence-corrected chi connectivity index (χ2v) is 6.02. The number of rotatable bonds is 3. The van der Waals surface area contributed by atoms with Crippen LogP contribution in [0.25, 0.3) is 10.2 Å². The molecule has 1 aromatic heterocycles. The monoisotopic (exact) mass is 336 g/mol. The van der Waals surface area contributed by atoms with Crippen LogP contribution >= 0.6 is 22.9 Å². The molecule has 1 heterocycles. The van der Waals surface area contributed by atoms with Crippen LogP contribution in [0.15, 0.2) is 47.3 Å². The molecule has 112 valence electrons. The number of halogens is 2. The van der Waals surface area contributed by atoms with Gasteiger partial charge in [0.1, 0.15) is 12.4 Å². The minimum atomic E-state index is -0.622. The van der Waals surface area contributed by atoms with Gasteiger partial charge in [0.25, 0.3) is 0 Å². The Kier molecular flexibility index (Phi) is 3.96. The lowest BCUT2D eigenvalue weighted by molar-refractivity contribution is -0.116. The first-order valence-corrected chi connectivity index (χ1v) is 7.57. The molecular formula is C15H10ClFN2O2S.